The first-order chi connectivity index (χ1) is 10.2. The number of benzene rings is 1. The van der Waals surface area contributed by atoms with Crippen molar-refractivity contribution in [3.63, 3.8) is 0 Å². The van der Waals surface area contributed by atoms with Gasteiger partial charge in [0.1, 0.15) is 13.2 Å². The molecule has 0 aliphatic carbocycles. The van der Waals surface area contributed by atoms with Crippen molar-refractivity contribution < 1.29 is 14.3 Å². The van der Waals surface area contributed by atoms with Gasteiger partial charge in [-0.3, -0.25) is 4.79 Å². The molecule has 1 aliphatic rings. The SMILES string of the molecule is O=C(N/N=C\c1cc(Br)cs1)c1ccc2c(c1)OCCO2. The van der Waals surface area contributed by atoms with Crippen LogP contribution in [0.1, 0.15) is 15.2 Å². The van der Waals surface area contributed by atoms with E-state index in [2.05, 4.69) is 26.5 Å². The van der Waals surface area contributed by atoms with Gasteiger partial charge in [-0.25, -0.2) is 5.43 Å². The van der Waals surface area contributed by atoms with E-state index in [1.54, 1.807) is 24.4 Å². The molecule has 1 amide bonds. The molecule has 0 saturated heterocycles. The highest BCUT2D eigenvalue weighted by Crippen LogP contribution is 2.30. The monoisotopic (exact) mass is 366 g/mol. The van der Waals surface area contributed by atoms with Crippen LogP contribution in [-0.2, 0) is 0 Å². The lowest BCUT2D eigenvalue weighted by Gasteiger charge is -2.18. The fourth-order valence-corrected chi connectivity index (χ4v) is 3.10. The van der Waals surface area contributed by atoms with E-state index in [1.807, 2.05) is 11.4 Å². The third kappa shape index (κ3) is 3.43. The third-order valence-corrected chi connectivity index (χ3v) is 4.38. The summed E-state index contributed by atoms with van der Waals surface area (Å²) >= 11 is 4.89. The van der Waals surface area contributed by atoms with Crippen LogP contribution in [0.15, 0.2) is 39.2 Å². The number of rotatable bonds is 3. The number of hydrogen-bond donors (Lipinski definition) is 1. The van der Waals surface area contributed by atoms with Gasteiger partial charge in [-0.05, 0) is 40.2 Å². The first-order valence-electron chi connectivity index (χ1n) is 6.19. The van der Waals surface area contributed by atoms with Gasteiger partial charge in [-0.2, -0.15) is 5.10 Å². The van der Waals surface area contributed by atoms with Crippen LogP contribution >= 0.6 is 27.3 Å². The molecule has 2 heterocycles. The average Bonchev–Trinajstić information content (AvgIpc) is 2.92. The summed E-state index contributed by atoms with van der Waals surface area (Å²) in [4.78, 5) is 12.9. The third-order valence-electron chi connectivity index (χ3n) is 2.75. The Labute approximate surface area is 133 Å². The molecule has 0 unspecified atom stereocenters. The predicted octanol–water partition coefficient (Wildman–Crippen LogP) is 3.05. The molecule has 2 aromatic rings. The Balaban J connectivity index is 1.66. The number of carbonyl (C=O) groups is 1. The van der Waals surface area contributed by atoms with Gasteiger partial charge in [-0.1, -0.05) is 0 Å². The highest BCUT2D eigenvalue weighted by atomic mass is 79.9. The predicted molar refractivity (Wildman–Crippen MR) is 84.5 cm³/mol. The van der Waals surface area contributed by atoms with E-state index in [0.717, 1.165) is 9.35 Å². The molecule has 0 atom stereocenters. The zero-order chi connectivity index (χ0) is 14.7. The smallest absolute Gasteiger partial charge is 0.271 e. The molecule has 0 saturated carbocycles. The van der Waals surface area contributed by atoms with Crippen molar-refractivity contribution in [3.8, 4) is 11.5 Å². The van der Waals surface area contributed by atoms with Crippen LogP contribution in [0.5, 0.6) is 11.5 Å². The second-order valence-corrected chi connectivity index (χ2v) is 6.08. The van der Waals surface area contributed by atoms with Gasteiger partial charge in [-0.15, -0.1) is 11.3 Å². The second kappa shape index (κ2) is 6.28. The van der Waals surface area contributed by atoms with Crippen molar-refractivity contribution in [1.29, 1.82) is 0 Å². The summed E-state index contributed by atoms with van der Waals surface area (Å²) in [6, 6.07) is 6.98. The fourth-order valence-electron chi connectivity index (χ4n) is 1.80. The quantitative estimate of drug-likeness (QED) is 0.670. The zero-order valence-electron chi connectivity index (χ0n) is 10.8. The van der Waals surface area contributed by atoms with E-state index in [1.165, 1.54) is 11.3 Å². The van der Waals surface area contributed by atoms with E-state index in [-0.39, 0.29) is 5.91 Å². The van der Waals surface area contributed by atoms with Crippen LogP contribution in [0.3, 0.4) is 0 Å². The van der Waals surface area contributed by atoms with Crippen molar-refractivity contribution >= 4 is 39.4 Å². The zero-order valence-corrected chi connectivity index (χ0v) is 13.2. The van der Waals surface area contributed by atoms with Crippen LogP contribution in [0, 0.1) is 0 Å². The van der Waals surface area contributed by atoms with Gasteiger partial charge in [0.25, 0.3) is 5.91 Å². The Morgan fingerprint density at radius 1 is 1.29 bits per heavy atom. The molecular formula is C14H11BrN2O3S. The van der Waals surface area contributed by atoms with E-state index < -0.39 is 0 Å². The summed E-state index contributed by atoms with van der Waals surface area (Å²) in [5, 5.41) is 5.88. The Kier molecular flexibility index (Phi) is 4.21. The van der Waals surface area contributed by atoms with Crippen LogP contribution in [0.25, 0.3) is 0 Å². The summed E-state index contributed by atoms with van der Waals surface area (Å²) in [5.41, 5.74) is 2.96. The molecule has 0 spiro atoms. The lowest BCUT2D eigenvalue weighted by atomic mass is 10.2. The number of nitrogens with zero attached hydrogens (tertiary/aromatic N) is 1. The van der Waals surface area contributed by atoms with E-state index >= 15 is 0 Å². The highest BCUT2D eigenvalue weighted by molar-refractivity contribution is 9.10. The standard InChI is InChI=1S/C14H11BrN2O3S/c15-10-6-11(21-8-10)7-16-17-14(18)9-1-2-12-13(5-9)20-4-3-19-12/h1-2,5-8H,3-4H2,(H,17,18)/b16-7-. The number of amides is 1. The van der Waals surface area contributed by atoms with Gasteiger partial charge in [0.15, 0.2) is 11.5 Å². The van der Waals surface area contributed by atoms with Crippen LogP contribution in [0.4, 0.5) is 0 Å². The van der Waals surface area contributed by atoms with Crippen molar-refractivity contribution in [2.75, 3.05) is 13.2 Å². The molecule has 1 aliphatic heterocycles. The molecule has 21 heavy (non-hydrogen) atoms. The molecule has 7 heteroatoms. The molecule has 1 aromatic heterocycles. The number of halogens is 1. The molecule has 0 bridgehead atoms. The summed E-state index contributed by atoms with van der Waals surface area (Å²) < 4.78 is 11.8. The lowest BCUT2D eigenvalue weighted by molar-refractivity contribution is 0.0954. The van der Waals surface area contributed by atoms with Crippen molar-refractivity contribution in [2.24, 2.45) is 5.10 Å². The summed E-state index contributed by atoms with van der Waals surface area (Å²) in [6.45, 7) is 1.02. The first-order valence-corrected chi connectivity index (χ1v) is 7.87. The molecule has 108 valence electrons. The van der Waals surface area contributed by atoms with Gasteiger partial charge in [0.2, 0.25) is 0 Å². The van der Waals surface area contributed by atoms with Gasteiger partial charge in [0, 0.05) is 20.3 Å². The Hall–Kier alpha value is -1.86. The number of fused-ring (bicyclic) bond motifs is 1. The normalized spacial score (nSPS) is 13.4. The van der Waals surface area contributed by atoms with E-state index in [9.17, 15) is 4.79 Å². The molecule has 5 nitrogen and oxygen atoms in total. The summed E-state index contributed by atoms with van der Waals surface area (Å²) in [7, 11) is 0. The minimum atomic E-state index is -0.293. The van der Waals surface area contributed by atoms with Crippen molar-refractivity contribution in [3.05, 3.63) is 44.6 Å². The molecule has 1 aromatic carbocycles. The number of thiophene rings is 1. The number of ether oxygens (including phenoxy) is 2. The maximum atomic E-state index is 12.0. The Morgan fingerprint density at radius 2 is 2.10 bits per heavy atom. The number of hydrazone groups is 1. The molecule has 0 fully saturated rings. The second-order valence-electron chi connectivity index (χ2n) is 4.22. The topological polar surface area (TPSA) is 59.9 Å². The van der Waals surface area contributed by atoms with Gasteiger partial charge >= 0.3 is 0 Å². The van der Waals surface area contributed by atoms with Crippen molar-refractivity contribution in [2.45, 2.75) is 0 Å². The van der Waals surface area contributed by atoms with Gasteiger partial charge in [0.05, 0.1) is 6.21 Å². The van der Waals surface area contributed by atoms with Crippen LogP contribution < -0.4 is 14.9 Å². The van der Waals surface area contributed by atoms with Crippen LogP contribution in [-0.4, -0.2) is 25.3 Å². The number of hydrogen-bond acceptors (Lipinski definition) is 5. The Morgan fingerprint density at radius 3 is 2.86 bits per heavy atom. The lowest BCUT2D eigenvalue weighted by Crippen LogP contribution is -2.19. The van der Waals surface area contributed by atoms with Gasteiger partial charge < -0.3 is 9.47 Å². The molecular weight excluding hydrogens is 356 g/mol. The number of carbonyl (C=O) groups excluding carboxylic acids is 1. The minimum Gasteiger partial charge on any atom is -0.486 e. The molecule has 3 rings (SSSR count). The Bertz CT molecular complexity index is 699. The number of nitrogens with one attached hydrogen (secondary N) is 1. The first kappa shape index (κ1) is 14.1. The maximum absolute atomic E-state index is 12.0. The molecule has 0 radical (unpaired) electrons. The minimum absolute atomic E-state index is 0.293. The van der Waals surface area contributed by atoms with Crippen molar-refractivity contribution in [1.82, 2.24) is 5.43 Å². The van der Waals surface area contributed by atoms with E-state index in [0.29, 0.717) is 30.3 Å². The average molecular weight is 367 g/mol. The fraction of sp³-hybridized carbons (Fsp3) is 0.143. The highest BCUT2D eigenvalue weighted by Gasteiger charge is 2.14. The van der Waals surface area contributed by atoms with Crippen LogP contribution in [0.2, 0.25) is 0 Å². The molecule has 1 N–H and O–H groups in total. The largest absolute Gasteiger partial charge is 0.486 e. The van der Waals surface area contributed by atoms with E-state index in [4.69, 9.17) is 9.47 Å². The maximum Gasteiger partial charge on any atom is 0.271 e. The summed E-state index contributed by atoms with van der Waals surface area (Å²) in [5.74, 6) is 0.948. The summed E-state index contributed by atoms with van der Waals surface area (Å²) in [6.07, 6.45) is 1.60.